The summed E-state index contributed by atoms with van der Waals surface area (Å²) in [6, 6.07) is -0.591. The zero-order valence-corrected chi connectivity index (χ0v) is 5.56. The molecule has 0 aliphatic carbocycles. The van der Waals surface area contributed by atoms with Gasteiger partial charge in [0.1, 0.15) is 0 Å². The number of carbonyl (C=O) groups excluding carboxylic acids is 1. The van der Waals surface area contributed by atoms with Crippen molar-refractivity contribution in [3.63, 3.8) is 0 Å². The lowest BCUT2D eigenvalue weighted by Crippen LogP contribution is -2.35. The van der Waals surface area contributed by atoms with E-state index in [0.29, 0.717) is 6.42 Å². The van der Waals surface area contributed by atoms with Crippen LogP contribution in [0.15, 0.2) is 4.99 Å². The molecule has 0 saturated carbocycles. The quantitative estimate of drug-likeness (QED) is 0.487. The Balaban J connectivity index is 2.50. The lowest BCUT2D eigenvalue weighted by molar-refractivity contribution is -0.307. The number of hydrogen-bond acceptors (Lipinski definition) is 4. The van der Waals surface area contributed by atoms with Crippen LogP contribution in [0.4, 0.5) is 0 Å². The summed E-state index contributed by atoms with van der Waals surface area (Å²) in [5.41, 5.74) is 1.57. The topological polar surface area (TPSA) is 52.5 Å². The number of carboxylic acids is 1. The summed E-state index contributed by atoms with van der Waals surface area (Å²) in [6.45, 7) is 0. The van der Waals surface area contributed by atoms with Gasteiger partial charge in [0.15, 0.2) is 0 Å². The first-order valence-corrected chi connectivity index (χ1v) is 3.69. The summed E-state index contributed by atoms with van der Waals surface area (Å²) in [5.74, 6) is -0.228. The summed E-state index contributed by atoms with van der Waals surface area (Å²) in [5, 5.41) is 10.1. The van der Waals surface area contributed by atoms with Crippen LogP contribution >= 0.6 is 11.8 Å². The third kappa shape index (κ3) is 1.71. The standard InChI is InChI=1S/C5H7NO2S/c7-5(8)4-1-2-9-3-6-4/h3-4H,1-2H2,(H,7,8)/p-1/t4-/m0/s1. The SMILES string of the molecule is O=C([O-])[C@@H]1CCSC=N1. The van der Waals surface area contributed by atoms with E-state index < -0.39 is 12.0 Å². The van der Waals surface area contributed by atoms with Gasteiger partial charge in [-0.3, -0.25) is 4.99 Å². The Bertz CT molecular complexity index is 146. The van der Waals surface area contributed by atoms with Gasteiger partial charge >= 0.3 is 0 Å². The molecule has 0 aromatic heterocycles. The summed E-state index contributed by atoms with van der Waals surface area (Å²) in [6.07, 6.45) is 0.601. The zero-order valence-electron chi connectivity index (χ0n) is 4.74. The Morgan fingerprint density at radius 1 is 1.89 bits per heavy atom. The van der Waals surface area contributed by atoms with E-state index in [2.05, 4.69) is 4.99 Å². The maximum Gasteiger partial charge on any atom is 0.0907 e. The van der Waals surface area contributed by atoms with Crippen LogP contribution in [0.25, 0.3) is 0 Å². The summed E-state index contributed by atoms with van der Waals surface area (Å²) < 4.78 is 0. The van der Waals surface area contributed by atoms with E-state index >= 15 is 0 Å². The van der Waals surface area contributed by atoms with E-state index in [1.807, 2.05) is 0 Å². The number of carbonyl (C=O) groups is 1. The number of aliphatic imine (C=N–C) groups is 1. The number of aliphatic carboxylic acids is 1. The minimum Gasteiger partial charge on any atom is -0.548 e. The molecule has 50 valence electrons. The summed E-state index contributed by atoms with van der Waals surface area (Å²) >= 11 is 1.53. The molecule has 1 aliphatic rings. The highest BCUT2D eigenvalue weighted by Crippen LogP contribution is 2.10. The largest absolute Gasteiger partial charge is 0.548 e. The molecule has 0 radical (unpaired) electrons. The van der Waals surface area contributed by atoms with E-state index in [0.717, 1.165) is 5.75 Å². The monoisotopic (exact) mass is 144 g/mol. The van der Waals surface area contributed by atoms with Crippen molar-refractivity contribution in [1.82, 2.24) is 0 Å². The highest BCUT2D eigenvalue weighted by molar-refractivity contribution is 8.12. The van der Waals surface area contributed by atoms with Crippen molar-refractivity contribution in [3.8, 4) is 0 Å². The van der Waals surface area contributed by atoms with Crippen LogP contribution in [0.2, 0.25) is 0 Å². The maximum absolute atomic E-state index is 10.1. The summed E-state index contributed by atoms with van der Waals surface area (Å²) in [4.78, 5) is 13.8. The van der Waals surface area contributed by atoms with E-state index in [9.17, 15) is 9.90 Å². The molecule has 1 aliphatic heterocycles. The van der Waals surface area contributed by atoms with Crippen LogP contribution in [-0.4, -0.2) is 23.3 Å². The van der Waals surface area contributed by atoms with Gasteiger partial charge in [0.25, 0.3) is 0 Å². The second kappa shape index (κ2) is 2.87. The normalized spacial score (nSPS) is 26.0. The molecular weight excluding hydrogens is 138 g/mol. The maximum atomic E-state index is 10.1. The zero-order chi connectivity index (χ0) is 6.69. The third-order valence-electron chi connectivity index (χ3n) is 1.10. The number of nitrogens with zero attached hydrogens (tertiary/aromatic N) is 1. The Labute approximate surface area is 57.2 Å². The van der Waals surface area contributed by atoms with Crippen LogP contribution in [-0.2, 0) is 4.79 Å². The van der Waals surface area contributed by atoms with E-state index in [1.54, 1.807) is 5.55 Å². The molecule has 0 spiro atoms. The molecule has 0 N–H and O–H groups in total. The van der Waals surface area contributed by atoms with Crippen LogP contribution < -0.4 is 5.11 Å². The van der Waals surface area contributed by atoms with Crippen molar-refractivity contribution >= 4 is 23.3 Å². The fraction of sp³-hybridized carbons (Fsp3) is 0.600. The van der Waals surface area contributed by atoms with Crippen molar-refractivity contribution in [2.45, 2.75) is 12.5 Å². The molecule has 9 heavy (non-hydrogen) atoms. The second-order valence-electron chi connectivity index (χ2n) is 1.75. The van der Waals surface area contributed by atoms with Gasteiger partial charge in [-0.1, -0.05) is 0 Å². The second-order valence-corrected chi connectivity index (χ2v) is 2.70. The van der Waals surface area contributed by atoms with Gasteiger partial charge < -0.3 is 9.90 Å². The van der Waals surface area contributed by atoms with Gasteiger partial charge in [0.2, 0.25) is 0 Å². The minimum atomic E-state index is -1.06. The van der Waals surface area contributed by atoms with Crippen molar-refractivity contribution < 1.29 is 9.90 Å². The van der Waals surface area contributed by atoms with Gasteiger partial charge in [-0.25, -0.2) is 0 Å². The lowest BCUT2D eigenvalue weighted by atomic mass is 10.2. The average Bonchev–Trinajstić information content (AvgIpc) is 1.90. The van der Waals surface area contributed by atoms with Gasteiger partial charge in [-0.2, -0.15) is 0 Å². The first-order valence-electron chi connectivity index (χ1n) is 2.65. The van der Waals surface area contributed by atoms with Crippen LogP contribution in [0, 0.1) is 0 Å². The van der Waals surface area contributed by atoms with Crippen LogP contribution in [0.1, 0.15) is 6.42 Å². The Morgan fingerprint density at radius 3 is 3.00 bits per heavy atom. The molecule has 0 fully saturated rings. The minimum absolute atomic E-state index is 0.591. The lowest BCUT2D eigenvalue weighted by Gasteiger charge is -2.15. The molecule has 1 atom stereocenters. The Kier molecular flexibility index (Phi) is 2.10. The van der Waals surface area contributed by atoms with Gasteiger partial charge in [0.05, 0.1) is 17.6 Å². The van der Waals surface area contributed by atoms with Gasteiger partial charge in [-0.15, -0.1) is 11.8 Å². The van der Waals surface area contributed by atoms with Crippen molar-refractivity contribution in [1.29, 1.82) is 0 Å². The molecule has 0 aromatic rings. The van der Waals surface area contributed by atoms with Crippen molar-refractivity contribution in [3.05, 3.63) is 0 Å². The highest BCUT2D eigenvalue weighted by Gasteiger charge is 2.09. The molecular formula is C5H6NO2S-. The van der Waals surface area contributed by atoms with Gasteiger partial charge in [-0.05, 0) is 6.42 Å². The predicted molar refractivity (Wildman–Crippen MR) is 34.4 cm³/mol. The molecule has 0 bridgehead atoms. The van der Waals surface area contributed by atoms with E-state index in [4.69, 9.17) is 0 Å². The predicted octanol–water partition coefficient (Wildman–Crippen LogP) is -0.730. The van der Waals surface area contributed by atoms with E-state index in [-0.39, 0.29) is 0 Å². The molecule has 0 amide bonds. The van der Waals surface area contributed by atoms with Crippen molar-refractivity contribution in [2.24, 2.45) is 4.99 Å². The Hall–Kier alpha value is -0.510. The molecule has 1 rings (SSSR count). The number of hydrogen-bond donors (Lipinski definition) is 0. The highest BCUT2D eigenvalue weighted by atomic mass is 32.2. The molecule has 4 heteroatoms. The smallest absolute Gasteiger partial charge is 0.0907 e. The Morgan fingerprint density at radius 2 is 2.67 bits per heavy atom. The first kappa shape index (κ1) is 6.61. The molecule has 1 heterocycles. The molecule has 3 nitrogen and oxygen atoms in total. The number of rotatable bonds is 1. The average molecular weight is 144 g/mol. The first-order chi connectivity index (χ1) is 4.30. The van der Waals surface area contributed by atoms with E-state index in [1.165, 1.54) is 11.8 Å². The fourth-order valence-corrected chi connectivity index (χ4v) is 1.30. The fourth-order valence-electron chi connectivity index (χ4n) is 0.602. The van der Waals surface area contributed by atoms with Crippen LogP contribution in [0.3, 0.4) is 0 Å². The molecule has 0 aromatic carbocycles. The number of thioether (sulfide) groups is 1. The number of carboxylic acid groups (broad SMARTS) is 1. The van der Waals surface area contributed by atoms with Gasteiger partial charge in [0, 0.05) is 5.75 Å². The third-order valence-corrected chi connectivity index (χ3v) is 1.84. The molecule has 0 saturated heterocycles. The summed E-state index contributed by atoms with van der Waals surface area (Å²) in [7, 11) is 0. The van der Waals surface area contributed by atoms with Crippen molar-refractivity contribution in [2.75, 3.05) is 5.75 Å². The molecule has 0 unspecified atom stereocenters. The van der Waals surface area contributed by atoms with Crippen LogP contribution in [0.5, 0.6) is 0 Å².